The van der Waals surface area contributed by atoms with Crippen molar-refractivity contribution in [2.75, 3.05) is 0 Å². The Morgan fingerprint density at radius 1 is 1.15 bits per heavy atom. The number of alkyl halides is 3. The largest absolute Gasteiger partial charge is 0.470 e. The predicted octanol–water partition coefficient (Wildman–Crippen LogP) is 2.66. The van der Waals surface area contributed by atoms with E-state index in [9.17, 15) is 22.8 Å². The van der Waals surface area contributed by atoms with Gasteiger partial charge in [-0.25, -0.2) is 0 Å². The van der Waals surface area contributed by atoms with Crippen LogP contribution in [-0.2, 0) is 28.9 Å². The van der Waals surface area contributed by atoms with Gasteiger partial charge < -0.3 is 13.7 Å². The predicted molar refractivity (Wildman–Crippen MR) is 85.2 cm³/mol. The SMILES string of the molecule is O=C(Cn1ccc(-c2nnc(C(F)(F)F)o2)cc1=O)OCc1ccccc1. The quantitative estimate of drug-likeness (QED) is 0.634. The van der Waals surface area contributed by atoms with Crippen molar-refractivity contribution in [3.05, 3.63) is 70.5 Å². The Morgan fingerprint density at radius 3 is 2.52 bits per heavy atom. The van der Waals surface area contributed by atoms with Gasteiger partial charge in [-0.1, -0.05) is 30.3 Å². The number of aromatic nitrogens is 3. The van der Waals surface area contributed by atoms with Gasteiger partial charge in [-0.2, -0.15) is 13.2 Å². The number of ether oxygens (including phenoxy) is 1. The van der Waals surface area contributed by atoms with Crippen molar-refractivity contribution < 1.29 is 27.1 Å². The van der Waals surface area contributed by atoms with Gasteiger partial charge in [-0.3, -0.25) is 9.59 Å². The molecule has 1 aromatic carbocycles. The molecule has 140 valence electrons. The topological polar surface area (TPSA) is 87.2 Å². The van der Waals surface area contributed by atoms with Crippen LogP contribution in [0.25, 0.3) is 11.5 Å². The van der Waals surface area contributed by atoms with E-state index < -0.39 is 29.5 Å². The first-order chi connectivity index (χ1) is 12.8. The maximum atomic E-state index is 12.5. The van der Waals surface area contributed by atoms with Crippen molar-refractivity contribution >= 4 is 5.97 Å². The first-order valence-electron chi connectivity index (χ1n) is 7.64. The number of carbonyl (C=O) groups excluding carboxylic acids is 1. The Morgan fingerprint density at radius 2 is 1.89 bits per heavy atom. The summed E-state index contributed by atoms with van der Waals surface area (Å²) < 4.78 is 48.1. The summed E-state index contributed by atoms with van der Waals surface area (Å²) in [4.78, 5) is 23.9. The summed E-state index contributed by atoms with van der Waals surface area (Å²) >= 11 is 0. The Labute approximate surface area is 150 Å². The molecular weight excluding hydrogens is 367 g/mol. The van der Waals surface area contributed by atoms with Crippen molar-refractivity contribution in [3.8, 4) is 11.5 Å². The lowest BCUT2D eigenvalue weighted by Crippen LogP contribution is -2.24. The Kier molecular flexibility index (Phi) is 5.06. The minimum Gasteiger partial charge on any atom is -0.459 e. The van der Waals surface area contributed by atoms with Gasteiger partial charge in [-0.05, 0) is 11.6 Å². The molecule has 3 rings (SSSR count). The Hall–Kier alpha value is -3.43. The van der Waals surface area contributed by atoms with Crippen molar-refractivity contribution in [1.29, 1.82) is 0 Å². The Bertz CT molecular complexity index is 996. The van der Waals surface area contributed by atoms with Gasteiger partial charge in [0.2, 0.25) is 5.89 Å². The minimum atomic E-state index is -4.78. The monoisotopic (exact) mass is 379 g/mol. The van der Waals surface area contributed by atoms with Crippen LogP contribution in [0.1, 0.15) is 11.5 Å². The summed E-state index contributed by atoms with van der Waals surface area (Å²) in [6.07, 6.45) is -3.54. The molecule has 10 heteroatoms. The van der Waals surface area contributed by atoms with Crippen LogP contribution in [0.2, 0.25) is 0 Å². The number of benzene rings is 1. The van der Waals surface area contributed by atoms with Gasteiger partial charge >= 0.3 is 18.0 Å². The smallest absolute Gasteiger partial charge is 0.459 e. The van der Waals surface area contributed by atoms with Crippen LogP contribution in [0.3, 0.4) is 0 Å². The molecular formula is C17H12F3N3O4. The molecule has 27 heavy (non-hydrogen) atoms. The van der Waals surface area contributed by atoms with Crippen molar-refractivity contribution in [3.63, 3.8) is 0 Å². The van der Waals surface area contributed by atoms with Crippen LogP contribution >= 0.6 is 0 Å². The molecule has 0 unspecified atom stereocenters. The van der Waals surface area contributed by atoms with Crippen molar-refractivity contribution in [2.24, 2.45) is 0 Å². The second-order valence-corrected chi connectivity index (χ2v) is 5.44. The third kappa shape index (κ3) is 4.60. The number of hydrogen-bond acceptors (Lipinski definition) is 6. The lowest BCUT2D eigenvalue weighted by molar-refractivity contribution is -0.157. The average molecular weight is 379 g/mol. The molecule has 0 spiro atoms. The summed E-state index contributed by atoms with van der Waals surface area (Å²) in [5.41, 5.74) is 0.179. The molecule has 0 amide bonds. The van der Waals surface area contributed by atoms with Crippen LogP contribution in [0.4, 0.5) is 13.2 Å². The molecule has 7 nitrogen and oxygen atoms in total. The molecule has 0 atom stereocenters. The maximum Gasteiger partial charge on any atom is 0.470 e. The fourth-order valence-corrected chi connectivity index (χ4v) is 2.15. The minimum absolute atomic E-state index is 0.0110. The molecule has 0 N–H and O–H groups in total. The summed E-state index contributed by atoms with van der Waals surface area (Å²) in [7, 11) is 0. The molecule has 0 bridgehead atoms. The molecule has 0 aliphatic heterocycles. The zero-order chi connectivity index (χ0) is 19.4. The fraction of sp³-hybridized carbons (Fsp3) is 0.176. The number of nitrogens with zero attached hydrogens (tertiary/aromatic N) is 3. The number of rotatable bonds is 5. The lowest BCUT2D eigenvalue weighted by Gasteiger charge is -2.07. The van der Waals surface area contributed by atoms with E-state index in [1.54, 1.807) is 24.3 Å². The average Bonchev–Trinajstić information content (AvgIpc) is 3.13. The number of pyridine rings is 1. The number of esters is 1. The highest BCUT2D eigenvalue weighted by molar-refractivity contribution is 5.69. The molecule has 0 saturated heterocycles. The molecule has 0 aliphatic carbocycles. The van der Waals surface area contributed by atoms with Gasteiger partial charge in [0.15, 0.2) is 0 Å². The van der Waals surface area contributed by atoms with Gasteiger partial charge in [0.25, 0.3) is 5.56 Å². The van der Waals surface area contributed by atoms with E-state index in [0.29, 0.717) is 0 Å². The normalized spacial score (nSPS) is 11.4. The summed E-state index contributed by atoms with van der Waals surface area (Å²) in [6, 6.07) is 11.3. The zero-order valence-corrected chi connectivity index (χ0v) is 13.6. The van der Waals surface area contributed by atoms with Crippen LogP contribution in [-0.4, -0.2) is 20.7 Å². The molecule has 2 aromatic heterocycles. The van der Waals surface area contributed by atoms with Crippen LogP contribution in [0, 0.1) is 0 Å². The number of halogens is 3. The van der Waals surface area contributed by atoms with E-state index >= 15 is 0 Å². The summed E-state index contributed by atoms with van der Waals surface area (Å²) in [5.74, 6) is -2.59. The van der Waals surface area contributed by atoms with Crippen LogP contribution in [0.5, 0.6) is 0 Å². The number of carbonyl (C=O) groups is 1. The van der Waals surface area contributed by atoms with Crippen molar-refractivity contribution in [2.45, 2.75) is 19.3 Å². The van der Waals surface area contributed by atoms with Crippen LogP contribution < -0.4 is 5.56 Å². The highest BCUT2D eigenvalue weighted by Gasteiger charge is 2.38. The van der Waals surface area contributed by atoms with Gasteiger partial charge in [0, 0.05) is 17.8 Å². The molecule has 0 fully saturated rings. The highest BCUT2D eigenvalue weighted by Crippen LogP contribution is 2.29. The van der Waals surface area contributed by atoms with Crippen LogP contribution in [0.15, 0.2) is 57.9 Å². The first kappa shape index (κ1) is 18.4. The van der Waals surface area contributed by atoms with Gasteiger partial charge in [0.05, 0.1) is 0 Å². The third-order valence-corrected chi connectivity index (χ3v) is 3.45. The fourth-order valence-electron chi connectivity index (χ4n) is 2.15. The second kappa shape index (κ2) is 7.44. The van der Waals surface area contributed by atoms with E-state index in [1.807, 2.05) is 6.07 Å². The highest BCUT2D eigenvalue weighted by atomic mass is 19.4. The molecule has 0 saturated carbocycles. The molecule has 3 aromatic rings. The molecule has 0 aliphatic rings. The van der Waals surface area contributed by atoms with E-state index in [2.05, 4.69) is 14.6 Å². The first-order valence-corrected chi connectivity index (χ1v) is 7.64. The summed E-state index contributed by atoms with van der Waals surface area (Å²) in [5, 5.41) is 6.16. The lowest BCUT2D eigenvalue weighted by atomic mass is 10.2. The van der Waals surface area contributed by atoms with Gasteiger partial charge in [-0.15, -0.1) is 10.2 Å². The molecule has 2 heterocycles. The Balaban J connectivity index is 1.67. The third-order valence-electron chi connectivity index (χ3n) is 3.45. The van der Waals surface area contributed by atoms with E-state index in [-0.39, 0.29) is 18.7 Å². The molecule has 0 radical (unpaired) electrons. The number of hydrogen-bond donors (Lipinski definition) is 0. The second-order valence-electron chi connectivity index (χ2n) is 5.44. The maximum absolute atomic E-state index is 12.5. The van der Waals surface area contributed by atoms with E-state index in [0.717, 1.165) is 16.2 Å². The summed E-state index contributed by atoms with van der Waals surface area (Å²) in [6.45, 7) is -0.279. The standard InChI is InChI=1S/C17H12F3N3O4/c18-17(19,20)16-22-21-15(27-16)12-6-7-23(13(24)8-12)9-14(25)26-10-11-4-2-1-3-5-11/h1-8H,9-10H2. The van der Waals surface area contributed by atoms with Gasteiger partial charge in [0.1, 0.15) is 13.2 Å². The zero-order valence-electron chi connectivity index (χ0n) is 13.6. The van der Waals surface area contributed by atoms with E-state index in [1.165, 1.54) is 12.3 Å². The van der Waals surface area contributed by atoms with Crippen molar-refractivity contribution in [1.82, 2.24) is 14.8 Å². The van der Waals surface area contributed by atoms with E-state index in [4.69, 9.17) is 4.74 Å².